The van der Waals surface area contributed by atoms with Crippen LogP contribution in [0.15, 0.2) is 78.9 Å². The molecule has 1 nitrogen and oxygen atoms in total. The van der Waals surface area contributed by atoms with Crippen molar-refractivity contribution in [2.45, 2.75) is 11.2 Å². The molecular weight excluding hydrogens is 385 g/mol. The molecule has 0 saturated heterocycles. The fraction of sp³-hybridized carbons (Fsp3) is 0.0952. The van der Waals surface area contributed by atoms with Crippen LogP contribution in [-0.2, 0) is 0 Å². The zero-order chi connectivity index (χ0) is 17.6. The molecule has 0 amide bonds. The standard InChI is InChI=1S/C21H16F2OSe/c22-17-10-6-15(7-11-17)20(14-25-19-4-2-1-3-5-19)21(24)16-8-12-18(23)13-9-16/h1-13,20H,14H2. The van der Waals surface area contributed by atoms with Crippen molar-refractivity contribution < 1.29 is 13.6 Å². The molecule has 0 fully saturated rings. The summed E-state index contributed by atoms with van der Waals surface area (Å²) in [5, 5.41) is 0.666. The first kappa shape index (κ1) is 17.5. The van der Waals surface area contributed by atoms with Crippen molar-refractivity contribution in [3.8, 4) is 0 Å². The normalized spacial score (nSPS) is 11.9. The molecule has 0 aromatic heterocycles. The molecule has 3 aromatic rings. The Morgan fingerprint density at radius 1 is 0.800 bits per heavy atom. The summed E-state index contributed by atoms with van der Waals surface area (Å²) in [4.78, 5) is 13.0. The Bertz CT molecular complexity index is 830. The molecular formula is C21H16F2OSe. The van der Waals surface area contributed by atoms with Crippen molar-refractivity contribution in [1.82, 2.24) is 0 Å². The second kappa shape index (κ2) is 8.19. The van der Waals surface area contributed by atoms with E-state index in [4.69, 9.17) is 0 Å². The molecule has 1 unspecified atom stereocenters. The third-order valence-corrected chi connectivity index (χ3v) is 6.20. The van der Waals surface area contributed by atoms with Gasteiger partial charge in [0, 0.05) is 0 Å². The van der Waals surface area contributed by atoms with Gasteiger partial charge in [0.2, 0.25) is 0 Å². The van der Waals surface area contributed by atoms with E-state index in [1.54, 1.807) is 12.1 Å². The van der Waals surface area contributed by atoms with Crippen LogP contribution in [0.1, 0.15) is 21.8 Å². The average Bonchev–Trinajstić information content (AvgIpc) is 2.64. The number of carbonyl (C=O) groups excluding carboxylic acids is 1. The third kappa shape index (κ3) is 4.62. The van der Waals surface area contributed by atoms with E-state index in [2.05, 4.69) is 0 Å². The van der Waals surface area contributed by atoms with Crippen LogP contribution in [0.3, 0.4) is 0 Å². The van der Waals surface area contributed by atoms with Gasteiger partial charge in [0.05, 0.1) is 0 Å². The Balaban J connectivity index is 1.86. The predicted octanol–water partition coefficient (Wildman–Crippen LogP) is 4.38. The Morgan fingerprint density at radius 3 is 1.96 bits per heavy atom. The van der Waals surface area contributed by atoms with Crippen LogP contribution in [0.5, 0.6) is 0 Å². The summed E-state index contributed by atoms with van der Waals surface area (Å²) < 4.78 is 27.6. The molecule has 4 heteroatoms. The minimum atomic E-state index is -0.372. The van der Waals surface area contributed by atoms with E-state index >= 15 is 0 Å². The first-order valence-corrected chi connectivity index (χ1v) is 9.93. The van der Waals surface area contributed by atoms with E-state index in [1.807, 2.05) is 30.3 Å². The molecule has 0 aliphatic heterocycles. The molecule has 25 heavy (non-hydrogen) atoms. The SMILES string of the molecule is O=C(c1ccc(F)cc1)C(C[Se]c1ccccc1)c1ccc(F)cc1. The van der Waals surface area contributed by atoms with Gasteiger partial charge in [0.15, 0.2) is 0 Å². The summed E-state index contributed by atoms with van der Waals surface area (Å²) in [5.74, 6) is -1.13. The maximum atomic E-state index is 13.2. The molecule has 0 spiro atoms. The third-order valence-electron chi connectivity index (χ3n) is 3.88. The molecule has 3 aromatic carbocycles. The molecule has 0 bridgehead atoms. The molecule has 0 N–H and O–H groups in total. The van der Waals surface area contributed by atoms with Crippen LogP contribution in [0.2, 0.25) is 5.32 Å². The number of Topliss-reactive ketones (excluding diaryl/α,β-unsaturated/α-hetero) is 1. The number of benzene rings is 3. The van der Waals surface area contributed by atoms with Gasteiger partial charge in [-0.2, -0.15) is 0 Å². The monoisotopic (exact) mass is 402 g/mol. The minimum absolute atomic E-state index is 0.0654. The van der Waals surface area contributed by atoms with Crippen LogP contribution in [0, 0.1) is 11.6 Å². The number of rotatable bonds is 6. The van der Waals surface area contributed by atoms with E-state index in [1.165, 1.54) is 40.9 Å². The maximum absolute atomic E-state index is 13.2. The van der Waals surface area contributed by atoms with Gasteiger partial charge in [0.25, 0.3) is 0 Å². The van der Waals surface area contributed by atoms with E-state index in [0.717, 1.165) is 5.56 Å². The molecule has 1 atom stereocenters. The van der Waals surface area contributed by atoms with Crippen molar-refractivity contribution in [2.24, 2.45) is 0 Å². The van der Waals surface area contributed by atoms with Gasteiger partial charge < -0.3 is 0 Å². The van der Waals surface area contributed by atoms with Gasteiger partial charge in [-0.15, -0.1) is 0 Å². The van der Waals surface area contributed by atoms with Crippen LogP contribution in [0.4, 0.5) is 8.78 Å². The summed E-state index contributed by atoms with van der Waals surface area (Å²) in [5.41, 5.74) is 1.26. The van der Waals surface area contributed by atoms with E-state index in [0.29, 0.717) is 10.9 Å². The zero-order valence-corrected chi connectivity index (χ0v) is 15.1. The molecule has 0 radical (unpaired) electrons. The Labute approximate surface area is 151 Å². The van der Waals surface area contributed by atoms with Gasteiger partial charge in [-0.25, -0.2) is 0 Å². The summed E-state index contributed by atoms with van der Waals surface area (Å²) in [6.45, 7) is 0. The fourth-order valence-electron chi connectivity index (χ4n) is 2.53. The molecule has 3 rings (SSSR count). The van der Waals surface area contributed by atoms with Crippen LogP contribution >= 0.6 is 0 Å². The summed E-state index contributed by atoms with van der Waals surface area (Å²) in [7, 11) is 0. The topological polar surface area (TPSA) is 17.1 Å². The Kier molecular flexibility index (Phi) is 5.75. The molecule has 0 saturated carbocycles. The van der Waals surface area contributed by atoms with E-state index in [9.17, 15) is 13.6 Å². The number of carbonyl (C=O) groups is 1. The van der Waals surface area contributed by atoms with Crippen molar-refractivity contribution >= 4 is 25.2 Å². The Hall–Kier alpha value is -2.29. The van der Waals surface area contributed by atoms with Gasteiger partial charge >= 0.3 is 152 Å². The first-order valence-electron chi connectivity index (χ1n) is 7.86. The van der Waals surface area contributed by atoms with Crippen molar-refractivity contribution in [1.29, 1.82) is 0 Å². The Morgan fingerprint density at radius 2 is 1.36 bits per heavy atom. The molecule has 0 heterocycles. The summed E-state index contributed by atoms with van der Waals surface area (Å²) in [6, 6.07) is 21.6. The van der Waals surface area contributed by atoms with Crippen molar-refractivity contribution in [3.63, 3.8) is 0 Å². The second-order valence-corrected chi connectivity index (χ2v) is 7.89. The van der Waals surface area contributed by atoms with Crippen molar-refractivity contribution in [3.05, 3.63) is 102 Å². The average molecular weight is 401 g/mol. The number of halogens is 2. The molecule has 126 valence electrons. The van der Waals surface area contributed by atoms with Crippen LogP contribution in [-0.4, -0.2) is 20.7 Å². The van der Waals surface area contributed by atoms with E-state index < -0.39 is 0 Å². The van der Waals surface area contributed by atoms with Crippen LogP contribution < -0.4 is 4.46 Å². The molecule has 0 aliphatic rings. The van der Waals surface area contributed by atoms with Gasteiger partial charge in [0.1, 0.15) is 0 Å². The van der Waals surface area contributed by atoms with Gasteiger partial charge in [-0.3, -0.25) is 0 Å². The molecule has 0 aliphatic carbocycles. The van der Waals surface area contributed by atoms with Gasteiger partial charge in [-0.05, 0) is 0 Å². The van der Waals surface area contributed by atoms with Gasteiger partial charge in [-0.1, -0.05) is 0 Å². The fourth-order valence-corrected chi connectivity index (χ4v) is 4.74. The van der Waals surface area contributed by atoms with E-state index in [-0.39, 0.29) is 38.3 Å². The summed E-state index contributed by atoms with van der Waals surface area (Å²) >= 11 is 0.107. The zero-order valence-electron chi connectivity index (χ0n) is 13.4. The van der Waals surface area contributed by atoms with Crippen molar-refractivity contribution in [2.75, 3.05) is 0 Å². The van der Waals surface area contributed by atoms with Crippen LogP contribution in [0.25, 0.3) is 0 Å². The summed E-state index contributed by atoms with van der Waals surface area (Å²) in [6.07, 6.45) is 0. The number of hydrogen-bond acceptors (Lipinski definition) is 1. The second-order valence-electron chi connectivity index (χ2n) is 5.60. The number of hydrogen-bond donors (Lipinski definition) is 0. The first-order chi connectivity index (χ1) is 12.1. The number of ketones is 1. The predicted molar refractivity (Wildman–Crippen MR) is 96.5 cm³/mol. The quantitative estimate of drug-likeness (QED) is 0.443.